The largest absolute Gasteiger partial charge is 1.00 e. The van der Waals surface area contributed by atoms with Gasteiger partial charge < -0.3 is 17.9 Å². The van der Waals surface area contributed by atoms with E-state index in [1.54, 1.807) is 24.3 Å². The molecule has 0 aliphatic rings. The zero-order valence-corrected chi connectivity index (χ0v) is 12.0. The van der Waals surface area contributed by atoms with Crippen LogP contribution in [-0.4, -0.2) is 5.97 Å². The van der Waals surface area contributed by atoms with Gasteiger partial charge in [-0.15, -0.1) is 5.69 Å². The van der Waals surface area contributed by atoms with E-state index in [4.69, 9.17) is 10.5 Å². The molecule has 0 radical (unpaired) electrons. The Hall–Kier alpha value is 0.126. The standard InChI is InChI=1S/C9H10NO2.CH3.K/c1-7(11)12-6-8-2-4-9(10)5-3-8;;/h2-5,10H,6H2,1H3;1H3;/q2*-1;+1. The van der Waals surface area contributed by atoms with E-state index in [2.05, 4.69) is 0 Å². The summed E-state index contributed by atoms with van der Waals surface area (Å²) in [7, 11) is 0. The molecule has 0 bridgehead atoms. The van der Waals surface area contributed by atoms with Crippen LogP contribution in [-0.2, 0) is 16.1 Å². The Morgan fingerprint density at radius 2 is 1.86 bits per heavy atom. The Morgan fingerprint density at radius 3 is 2.29 bits per heavy atom. The van der Waals surface area contributed by atoms with Gasteiger partial charge >= 0.3 is 57.4 Å². The fourth-order valence-corrected chi connectivity index (χ4v) is 0.786. The Bertz CT molecular complexity index is 272. The van der Waals surface area contributed by atoms with E-state index in [1.165, 1.54) is 6.92 Å². The monoisotopic (exact) mass is 218 g/mol. The maximum absolute atomic E-state index is 10.4. The van der Waals surface area contributed by atoms with Crippen molar-refractivity contribution in [2.75, 3.05) is 0 Å². The minimum absolute atomic E-state index is 0. The summed E-state index contributed by atoms with van der Waals surface area (Å²) in [5, 5.41) is 0. The molecule has 0 aliphatic carbocycles. The predicted molar refractivity (Wildman–Crippen MR) is 52.3 cm³/mol. The summed E-state index contributed by atoms with van der Waals surface area (Å²) in [6, 6.07) is 6.87. The average Bonchev–Trinajstić information content (AvgIpc) is 2.03. The van der Waals surface area contributed by atoms with Crippen molar-refractivity contribution in [3.05, 3.63) is 43.0 Å². The van der Waals surface area contributed by atoms with Crippen molar-refractivity contribution in [1.82, 2.24) is 0 Å². The van der Waals surface area contributed by atoms with Crippen molar-refractivity contribution in [1.29, 1.82) is 0 Å². The van der Waals surface area contributed by atoms with E-state index in [-0.39, 0.29) is 71.4 Å². The van der Waals surface area contributed by atoms with Crippen molar-refractivity contribution in [2.45, 2.75) is 13.5 Å². The summed E-state index contributed by atoms with van der Waals surface area (Å²) in [4.78, 5) is 10.4. The van der Waals surface area contributed by atoms with E-state index >= 15 is 0 Å². The number of nitrogens with one attached hydrogen (secondary N) is 1. The van der Waals surface area contributed by atoms with Crippen LogP contribution in [0.5, 0.6) is 0 Å². The number of esters is 1. The second kappa shape index (κ2) is 8.44. The zero-order chi connectivity index (χ0) is 8.97. The van der Waals surface area contributed by atoms with Gasteiger partial charge in [-0.05, 0) is 5.56 Å². The van der Waals surface area contributed by atoms with Crippen molar-refractivity contribution in [2.24, 2.45) is 0 Å². The van der Waals surface area contributed by atoms with Gasteiger partial charge in [0, 0.05) is 6.92 Å². The SMILES string of the molecule is CC(=O)OCc1ccc([NH-])cc1.[CH3-].[K+]. The second-order valence-corrected chi connectivity index (χ2v) is 2.48. The fraction of sp³-hybridized carbons (Fsp3) is 0.200. The summed E-state index contributed by atoms with van der Waals surface area (Å²) in [6.07, 6.45) is 0. The third-order valence-corrected chi connectivity index (χ3v) is 1.40. The second-order valence-electron chi connectivity index (χ2n) is 2.48. The summed E-state index contributed by atoms with van der Waals surface area (Å²) >= 11 is 0. The minimum atomic E-state index is -0.287. The third kappa shape index (κ3) is 6.56. The summed E-state index contributed by atoms with van der Waals surface area (Å²) in [5.74, 6) is -0.287. The minimum Gasteiger partial charge on any atom is -0.699 e. The molecule has 0 atom stereocenters. The number of hydrogen-bond donors (Lipinski definition) is 0. The molecular weight excluding hydrogens is 205 g/mol. The van der Waals surface area contributed by atoms with E-state index in [1.807, 2.05) is 0 Å². The number of carbonyl (C=O) groups is 1. The van der Waals surface area contributed by atoms with Gasteiger partial charge in [0.15, 0.2) is 0 Å². The molecule has 0 aromatic heterocycles. The zero-order valence-electron chi connectivity index (χ0n) is 8.83. The number of carbonyl (C=O) groups excluding carboxylic acids is 1. The summed E-state index contributed by atoms with van der Waals surface area (Å²) in [5.41, 5.74) is 8.56. The number of ether oxygens (including phenoxy) is 1. The molecule has 0 unspecified atom stereocenters. The molecule has 0 aliphatic heterocycles. The van der Waals surface area contributed by atoms with Crippen LogP contribution >= 0.6 is 0 Å². The summed E-state index contributed by atoms with van der Waals surface area (Å²) < 4.78 is 4.77. The van der Waals surface area contributed by atoms with E-state index in [0.717, 1.165) is 5.56 Å². The van der Waals surface area contributed by atoms with Crippen LogP contribution < -0.4 is 51.4 Å². The molecule has 4 heteroatoms. The van der Waals surface area contributed by atoms with Gasteiger partial charge in [0.2, 0.25) is 0 Å². The van der Waals surface area contributed by atoms with Crippen molar-refractivity contribution in [3.8, 4) is 0 Å². The molecule has 0 saturated heterocycles. The van der Waals surface area contributed by atoms with Crippen LogP contribution in [0.25, 0.3) is 5.73 Å². The molecule has 14 heavy (non-hydrogen) atoms. The Labute approximate surface area is 127 Å². The van der Waals surface area contributed by atoms with Crippen LogP contribution in [0.1, 0.15) is 12.5 Å². The first-order valence-corrected chi connectivity index (χ1v) is 3.62. The van der Waals surface area contributed by atoms with E-state index in [0.29, 0.717) is 5.69 Å². The van der Waals surface area contributed by atoms with Gasteiger partial charge in [0.1, 0.15) is 6.61 Å². The first-order chi connectivity index (χ1) is 5.68. The molecule has 0 saturated carbocycles. The molecule has 1 aromatic carbocycles. The van der Waals surface area contributed by atoms with E-state index < -0.39 is 0 Å². The molecule has 0 heterocycles. The van der Waals surface area contributed by atoms with Crippen LogP contribution in [0.4, 0.5) is 5.69 Å². The Morgan fingerprint density at radius 1 is 1.36 bits per heavy atom. The molecule has 1 N–H and O–H groups in total. The van der Waals surface area contributed by atoms with Gasteiger partial charge in [-0.25, -0.2) is 0 Å². The maximum atomic E-state index is 10.4. The van der Waals surface area contributed by atoms with Gasteiger partial charge in [-0.3, -0.25) is 4.79 Å². The van der Waals surface area contributed by atoms with Gasteiger partial charge in [-0.2, -0.15) is 0 Å². The smallest absolute Gasteiger partial charge is 0.699 e. The Kier molecular flexibility index (Phi) is 9.97. The summed E-state index contributed by atoms with van der Waals surface area (Å²) in [6.45, 7) is 1.66. The van der Waals surface area contributed by atoms with Crippen molar-refractivity contribution >= 4 is 11.7 Å². The van der Waals surface area contributed by atoms with Crippen molar-refractivity contribution in [3.63, 3.8) is 0 Å². The van der Waals surface area contributed by atoms with Crippen LogP contribution in [0.2, 0.25) is 0 Å². The van der Waals surface area contributed by atoms with Gasteiger partial charge in [0.25, 0.3) is 0 Å². The quantitative estimate of drug-likeness (QED) is 0.395. The normalized spacial score (nSPS) is 8.07. The van der Waals surface area contributed by atoms with Crippen LogP contribution in [0.15, 0.2) is 24.3 Å². The number of benzene rings is 1. The predicted octanol–water partition coefficient (Wildman–Crippen LogP) is -0.112. The fourth-order valence-electron chi connectivity index (χ4n) is 0.786. The molecule has 72 valence electrons. The number of rotatable bonds is 2. The third-order valence-electron chi connectivity index (χ3n) is 1.40. The molecule has 0 spiro atoms. The van der Waals surface area contributed by atoms with Crippen molar-refractivity contribution < 1.29 is 60.9 Å². The topological polar surface area (TPSA) is 50.1 Å². The molecule has 0 amide bonds. The molecule has 1 rings (SSSR count). The van der Waals surface area contributed by atoms with Crippen LogP contribution in [0.3, 0.4) is 0 Å². The molecule has 3 nitrogen and oxygen atoms in total. The number of hydrogen-bond acceptors (Lipinski definition) is 2. The Balaban J connectivity index is 0. The van der Waals surface area contributed by atoms with E-state index in [9.17, 15) is 4.79 Å². The first-order valence-electron chi connectivity index (χ1n) is 3.62. The van der Waals surface area contributed by atoms with Gasteiger partial charge in [0.05, 0.1) is 0 Å². The molecular formula is C10H13KNO2-. The molecule has 0 fully saturated rings. The maximum Gasteiger partial charge on any atom is 1.00 e. The van der Waals surface area contributed by atoms with Gasteiger partial charge in [-0.1, -0.05) is 24.3 Å². The molecule has 1 aromatic rings. The average molecular weight is 218 g/mol. The van der Waals surface area contributed by atoms with Crippen LogP contribution in [0, 0.1) is 7.43 Å². The first kappa shape index (κ1) is 16.6.